The summed E-state index contributed by atoms with van der Waals surface area (Å²) in [5.41, 5.74) is -2.98. The number of rotatable bonds is 3. The van der Waals surface area contributed by atoms with Gasteiger partial charge < -0.3 is 10.0 Å². The van der Waals surface area contributed by atoms with Gasteiger partial charge in [0.25, 0.3) is 5.69 Å². The standard InChI is InChI=1S/C13H12F6N2O3/c14-12(15,16)8-6-7(3-4-9(8)21(23)24)20-5-1-2-10(20)11(22)13(17,18)19/h3-4,6,10-11,22H,1-2,5H2/t10-,11+/m1/s1. The summed E-state index contributed by atoms with van der Waals surface area (Å²) in [4.78, 5) is 10.5. The van der Waals surface area contributed by atoms with Crippen LogP contribution < -0.4 is 4.90 Å². The summed E-state index contributed by atoms with van der Waals surface area (Å²) < 4.78 is 77.0. The summed E-state index contributed by atoms with van der Waals surface area (Å²) in [6, 6.07) is 0.564. The summed E-state index contributed by atoms with van der Waals surface area (Å²) in [7, 11) is 0. The van der Waals surface area contributed by atoms with Crippen LogP contribution in [0.3, 0.4) is 0 Å². The lowest BCUT2D eigenvalue weighted by Crippen LogP contribution is -2.47. The summed E-state index contributed by atoms with van der Waals surface area (Å²) in [5.74, 6) is 0. The maximum atomic E-state index is 13.0. The van der Waals surface area contributed by atoms with Crippen molar-refractivity contribution < 1.29 is 36.4 Å². The molecular formula is C13H12F6N2O3. The smallest absolute Gasteiger partial charge is 0.382 e. The number of anilines is 1. The van der Waals surface area contributed by atoms with Gasteiger partial charge in [-0.2, -0.15) is 26.3 Å². The molecule has 5 nitrogen and oxygen atoms in total. The molecule has 1 N–H and O–H groups in total. The molecule has 11 heteroatoms. The van der Waals surface area contributed by atoms with Crippen molar-refractivity contribution in [2.45, 2.75) is 37.3 Å². The van der Waals surface area contributed by atoms with Gasteiger partial charge in [-0.25, -0.2) is 0 Å². The molecular weight excluding hydrogens is 346 g/mol. The first-order chi connectivity index (χ1) is 10.9. The third kappa shape index (κ3) is 3.55. The molecule has 1 saturated heterocycles. The van der Waals surface area contributed by atoms with E-state index < -0.39 is 40.7 Å². The molecule has 0 radical (unpaired) electrons. The van der Waals surface area contributed by atoms with Crippen molar-refractivity contribution >= 4 is 11.4 Å². The largest absolute Gasteiger partial charge is 0.423 e. The zero-order chi connectivity index (χ0) is 18.3. The first kappa shape index (κ1) is 18.3. The van der Waals surface area contributed by atoms with E-state index in [0.29, 0.717) is 12.1 Å². The third-order valence-corrected chi connectivity index (χ3v) is 3.81. The Kier molecular flexibility index (Phi) is 4.66. The Hall–Kier alpha value is -2.04. The Morgan fingerprint density at radius 3 is 2.38 bits per heavy atom. The summed E-state index contributed by atoms with van der Waals surface area (Å²) >= 11 is 0. The maximum Gasteiger partial charge on any atom is 0.423 e. The van der Waals surface area contributed by atoms with Gasteiger partial charge in [-0.05, 0) is 25.0 Å². The van der Waals surface area contributed by atoms with Crippen LogP contribution in [0.15, 0.2) is 18.2 Å². The topological polar surface area (TPSA) is 66.6 Å². The lowest BCUT2D eigenvalue weighted by Gasteiger charge is -2.31. The first-order valence-electron chi connectivity index (χ1n) is 6.80. The number of benzene rings is 1. The van der Waals surface area contributed by atoms with Crippen molar-refractivity contribution in [3.8, 4) is 0 Å². The van der Waals surface area contributed by atoms with Crippen LogP contribution in [0.1, 0.15) is 18.4 Å². The molecule has 1 aromatic rings. The molecule has 1 aromatic carbocycles. The molecule has 24 heavy (non-hydrogen) atoms. The molecule has 0 spiro atoms. The number of hydrogen-bond donors (Lipinski definition) is 1. The molecule has 0 aliphatic carbocycles. The molecule has 1 aliphatic rings. The van der Waals surface area contributed by atoms with Crippen LogP contribution in [-0.4, -0.2) is 34.9 Å². The normalized spacial score (nSPS) is 20.3. The van der Waals surface area contributed by atoms with Gasteiger partial charge in [0, 0.05) is 18.3 Å². The van der Waals surface area contributed by atoms with Crippen LogP contribution in [0.4, 0.5) is 37.7 Å². The number of aliphatic hydroxyl groups is 1. The van der Waals surface area contributed by atoms with E-state index in [1.54, 1.807) is 0 Å². The number of nitro benzene ring substituents is 1. The SMILES string of the molecule is O=[N+]([O-])c1ccc(N2CCC[C@@H]2[C@H](O)C(F)(F)F)cc1C(F)(F)F. The lowest BCUT2D eigenvalue weighted by molar-refractivity contribution is -0.388. The Balaban J connectivity index is 2.43. The predicted molar refractivity (Wildman–Crippen MR) is 70.5 cm³/mol. The minimum Gasteiger partial charge on any atom is -0.382 e. The van der Waals surface area contributed by atoms with E-state index in [1.165, 1.54) is 0 Å². The van der Waals surface area contributed by atoms with Crippen molar-refractivity contribution in [2.75, 3.05) is 11.4 Å². The van der Waals surface area contributed by atoms with Gasteiger partial charge in [0.05, 0.1) is 11.0 Å². The van der Waals surface area contributed by atoms with Gasteiger partial charge in [0.1, 0.15) is 5.56 Å². The van der Waals surface area contributed by atoms with E-state index >= 15 is 0 Å². The van der Waals surface area contributed by atoms with Crippen LogP contribution in [-0.2, 0) is 6.18 Å². The summed E-state index contributed by atoms with van der Waals surface area (Å²) in [6.07, 6.45) is -12.5. The highest BCUT2D eigenvalue weighted by Gasteiger charge is 2.47. The van der Waals surface area contributed by atoms with Crippen molar-refractivity contribution in [2.24, 2.45) is 0 Å². The van der Waals surface area contributed by atoms with Crippen LogP contribution in [0, 0.1) is 10.1 Å². The molecule has 1 fully saturated rings. The maximum absolute atomic E-state index is 13.0. The fourth-order valence-electron chi connectivity index (χ4n) is 2.75. The van der Waals surface area contributed by atoms with E-state index in [2.05, 4.69) is 0 Å². The van der Waals surface area contributed by atoms with Crippen molar-refractivity contribution in [3.05, 3.63) is 33.9 Å². The highest BCUT2D eigenvalue weighted by molar-refractivity contribution is 5.58. The zero-order valence-corrected chi connectivity index (χ0v) is 11.9. The molecule has 0 aromatic heterocycles. The van der Waals surface area contributed by atoms with E-state index in [-0.39, 0.29) is 25.1 Å². The molecule has 2 rings (SSSR count). The minimum absolute atomic E-state index is 0.00686. The van der Waals surface area contributed by atoms with Crippen LogP contribution >= 0.6 is 0 Å². The fraction of sp³-hybridized carbons (Fsp3) is 0.538. The second-order valence-corrected chi connectivity index (χ2v) is 5.35. The van der Waals surface area contributed by atoms with E-state index in [9.17, 15) is 41.6 Å². The van der Waals surface area contributed by atoms with E-state index in [4.69, 9.17) is 0 Å². The number of alkyl halides is 6. The average molecular weight is 358 g/mol. The fourth-order valence-corrected chi connectivity index (χ4v) is 2.75. The number of halogens is 6. The molecule has 134 valence electrons. The van der Waals surface area contributed by atoms with E-state index in [0.717, 1.165) is 11.0 Å². The van der Waals surface area contributed by atoms with Gasteiger partial charge in [0.15, 0.2) is 6.10 Å². The average Bonchev–Trinajstić information content (AvgIpc) is 2.92. The van der Waals surface area contributed by atoms with Gasteiger partial charge in [-0.15, -0.1) is 0 Å². The van der Waals surface area contributed by atoms with Crippen molar-refractivity contribution in [1.29, 1.82) is 0 Å². The highest BCUT2D eigenvalue weighted by atomic mass is 19.4. The third-order valence-electron chi connectivity index (χ3n) is 3.81. The lowest BCUT2D eigenvalue weighted by atomic mass is 10.1. The summed E-state index contributed by atoms with van der Waals surface area (Å²) in [5, 5.41) is 20.1. The number of hydrogen-bond acceptors (Lipinski definition) is 4. The van der Waals surface area contributed by atoms with Gasteiger partial charge >= 0.3 is 12.4 Å². The second-order valence-electron chi connectivity index (χ2n) is 5.35. The van der Waals surface area contributed by atoms with Gasteiger partial charge in [0.2, 0.25) is 0 Å². The Morgan fingerprint density at radius 2 is 1.88 bits per heavy atom. The first-order valence-corrected chi connectivity index (χ1v) is 6.80. The zero-order valence-electron chi connectivity index (χ0n) is 11.9. The molecule has 0 saturated carbocycles. The van der Waals surface area contributed by atoms with E-state index in [1.807, 2.05) is 0 Å². The number of aliphatic hydroxyl groups excluding tert-OH is 1. The predicted octanol–water partition coefficient (Wildman–Crippen LogP) is 3.51. The molecule has 0 bridgehead atoms. The monoisotopic (exact) mass is 358 g/mol. The Bertz CT molecular complexity index is 631. The Morgan fingerprint density at radius 1 is 1.25 bits per heavy atom. The Labute approximate surface area is 131 Å². The number of nitrogens with zero attached hydrogens (tertiary/aromatic N) is 2. The minimum atomic E-state index is -5.03. The number of nitro groups is 1. The highest BCUT2D eigenvalue weighted by Crippen LogP contribution is 2.40. The molecule has 0 unspecified atom stereocenters. The summed E-state index contributed by atoms with van der Waals surface area (Å²) in [6.45, 7) is 0.00686. The van der Waals surface area contributed by atoms with Crippen LogP contribution in [0.25, 0.3) is 0 Å². The van der Waals surface area contributed by atoms with Crippen LogP contribution in [0.5, 0.6) is 0 Å². The molecule has 0 amide bonds. The van der Waals surface area contributed by atoms with Gasteiger partial charge in [-0.1, -0.05) is 0 Å². The van der Waals surface area contributed by atoms with Crippen LogP contribution in [0.2, 0.25) is 0 Å². The molecule has 1 heterocycles. The molecule has 2 atom stereocenters. The van der Waals surface area contributed by atoms with Crippen molar-refractivity contribution in [1.82, 2.24) is 0 Å². The molecule has 1 aliphatic heterocycles. The van der Waals surface area contributed by atoms with Gasteiger partial charge in [-0.3, -0.25) is 10.1 Å². The quantitative estimate of drug-likeness (QED) is 0.510. The van der Waals surface area contributed by atoms with Crippen molar-refractivity contribution in [3.63, 3.8) is 0 Å². The second kappa shape index (κ2) is 6.11.